The number of aliphatic imine (C=N–C) groups is 1. The van der Waals surface area contributed by atoms with Crippen LogP contribution < -0.4 is 5.32 Å². The van der Waals surface area contributed by atoms with Crippen LogP contribution in [0.2, 0.25) is 0 Å². The number of ether oxygens (including phenoxy) is 1. The Balaban J connectivity index is 2.47. The summed E-state index contributed by atoms with van der Waals surface area (Å²) in [5, 5.41) is 3.30. The summed E-state index contributed by atoms with van der Waals surface area (Å²) in [6.45, 7) is 7.02. The Morgan fingerprint density at radius 1 is 1.21 bits per heavy atom. The van der Waals surface area contributed by atoms with Crippen molar-refractivity contribution in [2.24, 2.45) is 4.99 Å². The number of halogens is 1. The van der Waals surface area contributed by atoms with Gasteiger partial charge < -0.3 is 19.9 Å². The molecule has 0 aromatic heterocycles. The maximum absolute atomic E-state index is 13.0. The average molecular weight is 338 g/mol. The number of benzene rings is 1. The molecular weight excluding hydrogens is 307 g/mol. The van der Waals surface area contributed by atoms with Crippen molar-refractivity contribution in [2.45, 2.75) is 19.9 Å². The summed E-state index contributed by atoms with van der Waals surface area (Å²) < 4.78 is 18.1. The van der Waals surface area contributed by atoms with Gasteiger partial charge in [-0.3, -0.25) is 4.99 Å². The molecule has 1 N–H and O–H groups in total. The zero-order chi connectivity index (χ0) is 17.8. The van der Waals surface area contributed by atoms with E-state index < -0.39 is 0 Å². The van der Waals surface area contributed by atoms with Crippen molar-refractivity contribution in [3.63, 3.8) is 0 Å². The van der Waals surface area contributed by atoms with E-state index in [9.17, 15) is 4.39 Å². The first-order valence-corrected chi connectivity index (χ1v) is 8.48. The Labute approximate surface area is 145 Å². The molecule has 5 nitrogen and oxygen atoms in total. The van der Waals surface area contributed by atoms with Crippen LogP contribution in [0.3, 0.4) is 0 Å². The lowest BCUT2D eigenvalue weighted by molar-refractivity contribution is 0.161. The molecule has 0 amide bonds. The topological polar surface area (TPSA) is 40.1 Å². The fraction of sp³-hybridized carbons (Fsp3) is 0.611. The predicted octanol–water partition coefficient (Wildman–Crippen LogP) is 2.19. The number of likely N-dealkylation sites (N-methyl/N-ethyl adjacent to an activating group) is 1. The second-order valence-electron chi connectivity index (χ2n) is 5.87. The number of guanidine groups is 1. The van der Waals surface area contributed by atoms with Crippen molar-refractivity contribution in [1.29, 1.82) is 0 Å². The SMILES string of the molecule is CCNC(=NCCCN(C)CCOC)N(C)Cc1ccc(F)cc1. The molecule has 6 heteroatoms. The molecular formula is C18H31FN4O. The van der Waals surface area contributed by atoms with Gasteiger partial charge in [0.1, 0.15) is 5.82 Å². The van der Waals surface area contributed by atoms with E-state index in [-0.39, 0.29) is 5.82 Å². The standard InChI is InChI=1S/C18H31FN4O/c1-5-20-18(21-11-6-12-22(2)13-14-24-4)23(3)15-16-7-9-17(19)10-8-16/h7-10H,5-6,11-15H2,1-4H3,(H,20,21). The summed E-state index contributed by atoms with van der Waals surface area (Å²) >= 11 is 0. The normalized spacial score (nSPS) is 11.8. The first kappa shape index (κ1) is 20.4. The molecule has 0 bridgehead atoms. The van der Waals surface area contributed by atoms with Crippen LogP contribution in [-0.2, 0) is 11.3 Å². The van der Waals surface area contributed by atoms with Crippen LogP contribution in [0.1, 0.15) is 18.9 Å². The Bertz CT molecular complexity index is 478. The highest BCUT2D eigenvalue weighted by atomic mass is 19.1. The second-order valence-corrected chi connectivity index (χ2v) is 5.87. The summed E-state index contributed by atoms with van der Waals surface area (Å²) in [7, 11) is 5.81. The van der Waals surface area contributed by atoms with E-state index >= 15 is 0 Å². The molecule has 0 atom stereocenters. The minimum atomic E-state index is -0.209. The van der Waals surface area contributed by atoms with Gasteiger partial charge in [0, 0.05) is 40.3 Å². The summed E-state index contributed by atoms with van der Waals surface area (Å²) in [6, 6.07) is 6.59. The Kier molecular flexibility index (Phi) is 10.0. The lowest BCUT2D eigenvalue weighted by Gasteiger charge is -2.22. The third-order valence-corrected chi connectivity index (χ3v) is 3.67. The zero-order valence-corrected chi connectivity index (χ0v) is 15.4. The monoisotopic (exact) mass is 338 g/mol. The Hall–Kier alpha value is -1.66. The lowest BCUT2D eigenvalue weighted by Crippen LogP contribution is -2.38. The minimum absolute atomic E-state index is 0.209. The summed E-state index contributed by atoms with van der Waals surface area (Å²) in [6.07, 6.45) is 1.000. The highest BCUT2D eigenvalue weighted by Gasteiger charge is 2.06. The fourth-order valence-electron chi connectivity index (χ4n) is 2.29. The van der Waals surface area contributed by atoms with Crippen LogP contribution in [0.5, 0.6) is 0 Å². The van der Waals surface area contributed by atoms with Gasteiger partial charge in [0.2, 0.25) is 0 Å². The zero-order valence-electron chi connectivity index (χ0n) is 15.4. The van der Waals surface area contributed by atoms with Crippen LogP contribution in [-0.4, -0.2) is 69.8 Å². The molecule has 0 unspecified atom stereocenters. The highest BCUT2D eigenvalue weighted by molar-refractivity contribution is 5.79. The summed E-state index contributed by atoms with van der Waals surface area (Å²) in [4.78, 5) is 8.98. The van der Waals surface area contributed by atoms with Gasteiger partial charge in [-0.05, 0) is 44.6 Å². The van der Waals surface area contributed by atoms with Gasteiger partial charge in [-0.15, -0.1) is 0 Å². The van der Waals surface area contributed by atoms with Crippen molar-refractivity contribution < 1.29 is 9.13 Å². The molecule has 0 aliphatic heterocycles. The van der Waals surface area contributed by atoms with Gasteiger partial charge in [0.25, 0.3) is 0 Å². The molecule has 0 aliphatic rings. The molecule has 0 fully saturated rings. The van der Waals surface area contributed by atoms with Gasteiger partial charge >= 0.3 is 0 Å². The second kappa shape index (κ2) is 11.8. The minimum Gasteiger partial charge on any atom is -0.383 e. The van der Waals surface area contributed by atoms with E-state index in [0.717, 1.165) is 50.7 Å². The molecule has 0 radical (unpaired) electrons. The molecule has 1 aromatic carbocycles. The van der Waals surface area contributed by atoms with E-state index in [2.05, 4.69) is 34.1 Å². The van der Waals surface area contributed by atoms with Gasteiger partial charge in [-0.25, -0.2) is 4.39 Å². The van der Waals surface area contributed by atoms with E-state index in [0.29, 0.717) is 6.54 Å². The summed E-state index contributed by atoms with van der Waals surface area (Å²) in [5.41, 5.74) is 1.06. The van der Waals surface area contributed by atoms with E-state index in [1.54, 1.807) is 19.2 Å². The highest BCUT2D eigenvalue weighted by Crippen LogP contribution is 2.06. The van der Waals surface area contributed by atoms with E-state index in [1.165, 1.54) is 12.1 Å². The van der Waals surface area contributed by atoms with Crippen LogP contribution in [0.15, 0.2) is 29.3 Å². The van der Waals surface area contributed by atoms with E-state index in [1.807, 2.05) is 7.05 Å². The first-order valence-electron chi connectivity index (χ1n) is 8.48. The van der Waals surface area contributed by atoms with Gasteiger partial charge in [0.15, 0.2) is 5.96 Å². The first-order chi connectivity index (χ1) is 11.6. The van der Waals surface area contributed by atoms with Crippen LogP contribution >= 0.6 is 0 Å². The lowest BCUT2D eigenvalue weighted by atomic mass is 10.2. The molecule has 0 aliphatic carbocycles. The number of hydrogen-bond donors (Lipinski definition) is 1. The van der Waals surface area contributed by atoms with Crippen LogP contribution in [0.4, 0.5) is 4.39 Å². The van der Waals surface area contributed by atoms with Gasteiger partial charge in [0.05, 0.1) is 6.61 Å². The summed E-state index contributed by atoms with van der Waals surface area (Å²) in [5.74, 6) is 0.668. The maximum Gasteiger partial charge on any atom is 0.193 e. The largest absolute Gasteiger partial charge is 0.383 e. The molecule has 1 rings (SSSR count). The number of nitrogens with zero attached hydrogens (tertiary/aromatic N) is 3. The number of methoxy groups -OCH3 is 1. The Morgan fingerprint density at radius 3 is 2.54 bits per heavy atom. The molecule has 0 spiro atoms. The maximum atomic E-state index is 13.0. The molecule has 0 saturated carbocycles. The van der Waals surface area contributed by atoms with Crippen molar-refractivity contribution in [2.75, 3.05) is 54.0 Å². The van der Waals surface area contributed by atoms with Crippen molar-refractivity contribution in [1.82, 2.24) is 15.1 Å². The number of hydrogen-bond acceptors (Lipinski definition) is 3. The van der Waals surface area contributed by atoms with Gasteiger partial charge in [-0.1, -0.05) is 12.1 Å². The van der Waals surface area contributed by atoms with Crippen molar-refractivity contribution in [3.8, 4) is 0 Å². The molecule has 1 aromatic rings. The van der Waals surface area contributed by atoms with Crippen molar-refractivity contribution >= 4 is 5.96 Å². The molecule has 0 heterocycles. The van der Waals surface area contributed by atoms with E-state index in [4.69, 9.17) is 4.74 Å². The molecule has 24 heavy (non-hydrogen) atoms. The van der Waals surface area contributed by atoms with Crippen LogP contribution in [0.25, 0.3) is 0 Å². The quantitative estimate of drug-likeness (QED) is 0.403. The van der Waals surface area contributed by atoms with Crippen molar-refractivity contribution in [3.05, 3.63) is 35.6 Å². The van der Waals surface area contributed by atoms with Crippen LogP contribution in [0, 0.1) is 5.82 Å². The molecule has 0 saturated heterocycles. The third-order valence-electron chi connectivity index (χ3n) is 3.67. The predicted molar refractivity (Wildman–Crippen MR) is 97.8 cm³/mol. The molecule has 136 valence electrons. The smallest absolute Gasteiger partial charge is 0.193 e. The number of rotatable bonds is 10. The fourth-order valence-corrected chi connectivity index (χ4v) is 2.29. The number of nitrogens with one attached hydrogen (secondary N) is 1. The van der Waals surface area contributed by atoms with Gasteiger partial charge in [-0.2, -0.15) is 0 Å². The third kappa shape index (κ3) is 8.26. The average Bonchev–Trinajstić information content (AvgIpc) is 2.57. The Morgan fingerprint density at radius 2 is 1.92 bits per heavy atom.